The quantitative estimate of drug-likeness (QED) is 0.687. The van der Waals surface area contributed by atoms with Crippen LogP contribution >= 0.6 is 0 Å². The van der Waals surface area contributed by atoms with Crippen molar-refractivity contribution in [2.75, 3.05) is 11.4 Å². The molecule has 2 nitrogen and oxygen atoms in total. The molecule has 0 aliphatic carbocycles. The summed E-state index contributed by atoms with van der Waals surface area (Å²) in [6.07, 6.45) is 1.73. The first-order chi connectivity index (χ1) is 7.08. The molecule has 2 rings (SSSR count). The molecule has 1 heterocycles. The number of anilines is 1. The second-order valence-electron chi connectivity index (χ2n) is 4.97. The van der Waals surface area contributed by atoms with Crippen LogP contribution in [0.3, 0.4) is 0 Å². The Morgan fingerprint density at radius 3 is 2.47 bits per heavy atom. The van der Waals surface area contributed by atoms with Crippen molar-refractivity contribution < 1.29 is 4.79 Å². The van der Waals surface area contributed by atoms with Crippen LogP contribution in [-0.2, 0) is 4.79 Å². The second-order valence-corrected chi connectivity index (χ2v) is 4.97. The molecule has 1 aromatic rings. The predicted molar refractivity (Wildman–Crippen MR) is 61.8 cm³/mol. The van der Waals surface area contributed by atoms with Gasteiger partial charge in [0.05, 0.1) is 0 Å². The summed E-state index contributed by atoms with van der Waals surface area (Å²) in [5.74, 6) is 0.248. The lowest BCUT2D eigenvalue weighted by atomic mass is 9.82. The number of para-hydroxylation sites is 1. The van der Waals surface area contributed by atoms with Crippen LogP contribution in [0.2, 0.25) is 0 Å². The monoisotopic (exact) mass is 203 g/mol. The van der Waals surface area contributed by atoms with Gasteiger partial charge in [0.1, 0.15) is 0 Å². The van der Waals surface area contributed by atoms with E-state index in [-0.39, 0.29) is 11.3 Å². The molecule has 1 aromatic carbocycles. The van der Waals surface area contributed by atoms with Crippen LogP contribution in [0.15, 0.2) is 30.3 Å². The summed E-state index contributed by atoms with van der Waals surface area (Å²) in [5, 5.41) is 0. The average Bonchev–Trinajstić information content (AvgIpc) is 2.17. The van der Waals surface area contributed by atoms with Crippen LogP contribution < -0.4 is 4.90 Å². The molecule has 0 aromatic heterocycles. The van der Waals surface area contributed by atoms with Gasteiger partial charge >= 0.3 is 0 Å². The smallest absolute Gasteiger partial charge is 0.227 e. The van der Waals surface area contributed by atoms with Crippen LogP contribution in [0.5, 0.6) is 0 Å². The number of carbonyl (C=O) groups is 1. The maximum Gasteiger partial charge on any atom is 0.227 e. The SMILES string of the molecule is CC1(C)CCN(c2ccccc2)C(=O)C1. The third-order valence-corrected chi connectivity index (χ3v) is 3.01. The van der Waals surface area contributed by atoms with Crippen molar-refractivity contribution in [2.45, 2.75) is 26.7 Å². The zero-order chi connectivity index (χ0) is 10.9. The molecular formula is C13H17NO. The molecule has 0 saturated carbocycles. The van der Waals surface area contributed by atoms with E-state index < -0.39 is 0 Å². The number of benzene rings is 1. The molecule has 2 heteroatoms. The van der Waals surface area contributed by atoms with Gasteiger partial charge in [-0.3, -0.25) is 4.79 Å². The largest absolute Gasteiger partial charge is 0.312 e. The average molecular weight is 203 g/mol. The maximum atomic E-state index is 11.9. The fourth-order valence-electron chi connectivity index (χ4n) is 2.01. The van der Waals surface area contributed by atoms with E-state index in [0.717, 1.165) is 18.7 Å². The highest BCUT2D eigenvalue weighted by Crippen LogP contribution is 2.32. The van der Waals surface area contributed by atoms with Gasteiger partial charge in [-0.2, -0.15) is 0 Å². The number of rotatable bonds is 1. The minimum absolute atomic E-state index is 0.169. The Hall–Kier alpha value is -1.31. The number of amides is 1. The van der Waals surface area contributed by atoms with Gasteiger partial charge in [-0.1, -0.05) is 32.0 Å². The molecular weight excluding hydrogens is 186 g/mol. The molecule has 0 spiro atoms. The number of carbonyl (C=O) groups excluding carboxylic acids is 1. The van der Waals surface area contributed by atoms with E-state index in [2.05, 4.69) is 13.8 Å². The highest BCUT2D eigenvalue weighted by molar-refractivity contribution is 5.94. The molecule has 0 unspecified atom stereocenters. The maximum absolute atomic E-state index is 11.9. The highest BCUT2D eigenvalue weighted by atomic mass is 16.2. The number of hydrogen-bond donors (Lipinski definition) is 0. The van der Waals surface area contributed by atoms with Gasteiger partial charge in [-0.15, -0.1) is 0 Å². The lowest BCUT2D eigenvalue weighted by Gasteiger charge is -2.36. The van der Waals surface area contributed by atoms with E-state index in [4.69, 9.17) is 0 Å². The summed E-state index contributed by atoms with van der Waals surface area (Å²) in [6.45, 7) is 5.16. The Balaban J connectivity index is 2.17. The predicted octanol–water partition coefficient (Wildman–Crippen LogP) is 2.84. The van der Waals surface area contributed by atoms with E-state index in [1.54, 1.807) is 0 Å². The lowest BCUT2D eigenvalue weighted by molar-refractivity contribution is -0.122. The standard InChI is InChI=1S/C13H17NO/c1-13(2)8-9-14(12(15)10-13)11-6-4-3-5-7-11/h3-7H,8-10H2,1-2H3. The normalized spacial score (nSPS) is 20.4. The number of piperidine rings is 1. The van der Waals surface area contributed by atoms with E-state index in [1.807, 2.05) is 35.2 Å². The molecule has 1 fully saturated rings. The zero-order valence-electron chi connectivity index (χ0n) is 9.36. The van der Waals surface area contributed by atoms with Crippen LogP contribution in [0.4, 0.5) is 5.69 Å². The van der Waals surface area contributed by atoms with Crippen molar-refractivity contribution in [1.29, 1.82) is 0 Å². The molecule has 0 N–H and O–H groups in total. The third kappa shape index (κ3) is 2.20. The van der Waals surface area contributed by atoms with Crippen molar-refractivity contribution in [3.8, 4) is 0 Å². The molecule has 1 aliphatic heterocycles. The fraction of sp³-hybridized carbons (Fsp3) is 0.462. The minimum Gasteiger partial charge on any atom is -0.312 e. The van der Waals surface area contributed by atoms with Crippen LogP contribution in [0.1, 0.15) is 26.7 Å². The Kier molecular flexibility index (Phi) is 2.51. The Morgan fingerprint density at radius 1 is 1.20 bits per heavy atom. The molecule has 0 radical (unpaired) electrons. The molecule has 0 atom stereocenters. The second kappa shape index (κ2) is 3.69. The van der Waals surface area contributed by atoms with Gasteiger partial charge < -0.3 is 4.90 Å². The Labute approximate surface area is 90.9 Å². The van der Waals surface area contributed by atoms with Gasteiger partial charge in [-0.05, 0) is 24.0 Å². The molecule has 0 bridgehead atoms. The summed E-state index contributed by atoms with van der Waals surface area (Å²) in [5.41, 5.74) is 1.19. The van der Waals surface area contributed by atoms with Gasteiger partial charge in [0.15, 0.2) is 0 Å². The highest BCUT2D eigenvalue weighted by Gasteiger charge is 2.31. The third-order valence-electron chi connectivity index (χ3n) is 3.01. The number of hydrogen-bond acceptors (Lipinski definition) is 1. The van der Waals surface area contributed by atoms with Crippen LogP contribution in [-0.4, -0.2) is 12.5 Å². The van der Waals surface area contributed by atoms with Crippen molar-refractivity contribution in [1.82, 2.24) is 0 Å². The summed E-state index contributed by atoms with van der Waals surface area (Å²) >= 11 is 0. The summed E-state index contributed by atoms with van der Waals surface area (Å²) < 4.78 is 0. The van der Waals surface area contributed by atoms with Gasteiger partial charge in [0, 0.05) is 18.7 Å². The van der Waals surface area contributed by atoms with E-state index in [0.29, 0.717) is 6.42 Å². The Bertz CT molecular complexity index is 356. The zero-order valence-corrected chi connectivity index (χ0v) is 9.36. The van der Waals surface area contributed by atoms with Gasteiger partial charge in [0.2, 0.25) is 5.91 Å². The number of nitrogens with zero attached hydrogens (tertiary/aromatic N) is 1. The van der Waals surface area contributed by atoms with Gasteiger partial charge in [0.25, 0.3) is 0 Å². The van der Waals surface area contributed by atoms with Crippen molar-refractivity contribution in [3.63, 3.8) is 0 Å². The van der Waals surface area contributed by atoms with Gasteiger partial charge in [-0.25, -0.2) is 0 Å². The summed E-state index contributed by atoms with van der Waals surface area (Å²) in [6, 6.07) is 9.92. The van der Waals surface area contributed by atoms with Crippen LogP contribution in [0, 0.1) is 5.41 Å². The molecule has 1 amide bonds. The summed E-state index contributed by atoms with van der Waals surface area (Å²) in [4.78, 5) is 13.8. The van der Waals surface area contributed by atoms with Crippen LogP contribution in [0.25, 0.3) is 0 Å². The first-order valence-electron chi connectivity index (χ1n) is 5.44. The minimum atomic E-state index is 0.169. The fourth-order valence-corrected chi connectivity index (χ4v) is 2.01. The lowest BCUT2D eigenvalue weighted by Crippen LogP contribution is -2.42. The molecule has 80 valence electrons. The van der Waals surface area contributed by atoms with E-state index in [9.17, 15) is 4.79 Å². The molecule has 1 saturated heterocycles. The molecule has 1 aliphatic rings. The topological polar surface area (TPSA) is 20.3 Å². The van der Waals surface area contributed by atoms with E-state index in [1.165, 1.54) is 0 Å². The van der Waals surface area contributed by atoms with E-state index >= 15 is 0 Å². The molecule has 15 heavy (non-hydrogen) atoms. The van der Waals surface area contributed by atoms with Crippen molar-refractivity contribution in [2.24, 2.45) is 5.41 Å². The first kappa shape index (κ1) is 10.2. The summed E-state index contributed by atoms with van der Waals surface area (Å²) in [7, 11) is 0. The van der Waals surface area contributed by atoms with Crippen molar-refractivity contribution in [3.05, 3.63) is 30.3 Å². The first-order valence-corrected chi connectivity index (χ1v) is 5.44. The Morgan fingerprint density at radius 2 is 1.87 bits per heavy atom. The van der Waals surface area contributed by atoms with Crippen molar-refractivity contribution >= 4 is 11.6 Å².